The molecule has 19 heavy (non-hydrogen) atoms. The summed E-state index contributed by atoms with van der Waals surface area (Å²) in [6.45, 7) is 2.25. The predicted octanol–water partition coefficient (Wildman–Crippen LogP) is 2.33. The zero-order valence-corrected chi connectivity index (χ0v) is 10.4. The number of hydrogen-bond donors (Lipinski definition) is 1. The minimum absolute atomic E-state index is 0.142. The van der Waals surface area contributed by atoms with E-state index in [-0.39, 0.29) is 11.5 Å². The van der Waals surface area contributed by atoms with Crippen molar-refractivity contribution in [2.24, 2.45) is 7.05 Å². The Morgan fingerprint density at radius 1 is 1.32 bits per heavy atom. The summed E-state index contributed by atoms with van der Waals surface area (Å²) in [5.41, 5.74) is 0.695. The summed E-state index contributed by atoms with van der Waals surface area (Å²) < 4.78 is 39.7. The lowest BCUT2D eigenvalue weighted by atomic mass is 10.2. The summed E-state index contributed by atoms with van der Waals surface area (Å²) in [7, 11) is 1.68. The first kappa shape index (κ1) is 13.3. The molecule has 0 amide bonds. The van der Waals surface area contributed by atoms with Gasteiger partial charge in [0.2, 0.25) is 5.82 Å². The van der Waals surface area contributed by atoms with Crippen LogP contribution in [0.1, 0.15) is 12.7 Å². The topological polar surface area (TPSA) is 55.6 Å². The van der Waals surface area contributed by atoms with Crippen molar-refractivity contribution in [1.29, 1.82) is 0 Å². The molecule has 0 bridgehead atoms. The number of nitrogens with zero attached hydrogens (tertiary/aromatic N) is 4. The molecule has 2 aromatic heterocycles. The minimum atomic E-state index is -4.58. The minimum Gasteiger partial charge on any atom is -0.370 e. The third kappa shape index (κ3) is 3.01. The average molecular weight is 271 g/mol. The summed E-state index contributed by atoms with van der Waals surface area (Å²) in [6, 6.07) is 1.47. The number of aromatic nitrogens is 4. The van der Waals surface area contributed by atoms with E-state index in [1.54, 1.807) is 20.2 Å². The second-order valence-corrected chi connectivity index (χ2v) is 3.89. The molecular weight excluding hydrogens is 259 g/mol. The molecule has 2 aromatic rings. The number of rotatable bonds is 3. The first-order valence-electron chi connectivity index (χ1n) is 5.59. The first-order valence-corrected chi connectivity index (χ1v) is 5.59. The van der Waals surface area contributed by atoms with Gasteiger partial charge in [0, 0.05) is 31.4 Å². The Labute approximate surface area is 107 Å². The van der Waals surface area contributed by atoms with E-state index in [1.807, 2.05) is 0 Å². The van der Waals surface area contributed by atoms with Crippen LogP contribution in [0.5, 0.6) is 0 Å². The quantitative estimate of drug-likeness (QED) is 0.930. The molecule has 0 saturated heterocycles. The van der Waals surface area contributed by atoms with E-state index in [0.717, 1.165) is 0 Å². The smallest absolute Gasteiger partial charge is 0.370 e. The zero-order chi connectivity index (χ0) is 14.0. The molecule has 0 aliphatic carbocycles. The highest BCUT2D eigenvalue weighted by Crippen LogP contribution is 2.29. The Morgan fingerprint density at radius 3 is 2.58 bits per heavy atom. The van der Waals surface area contributed by atoms with E-state index in [9.17, 15) is 13.2 Å². The van der Waals surface area contributed by atoms with Gasteiger partial charge in [-0.3, -0.25) is 4.68 Å². The normalized spacial score (nSPS) is 11.6. The number of halogens is 3. The highest BCUT2D eigenvalue weighted by Gasteiger charge is 2.35. The Morgan fingerprint density at radius 2 is 2.05 bits per heavy atom. The summed E-state index contributed by atoms with van der Waals surface area (Å²) in [4.78, 5) is 6.99. The highest BCUT2D eigenvalue weighted by molar-refractivity contribution is 5.61. The highest BCUT2D eigenvalue weighted by atomic mass is 19.4. The molecule has 2 heterocycles. The van der Waals surface area contributed by atoms with E-state index in [2.05, 4.69) is 20.4 Å². The van der Waals surface area contributed by atoms with Crippen molar-refractivity contribution >= 4 is 5.82 Å². The summed E-state index contributed by atoms with van der Waals surface area (Å²) in [6.07, 6.45) is -1.53. The monoisotopic (exact) mass is 271 g/mol. The maximum atomic E-state index is 12.7. The fourth-order valence-electron chi connectivity index (χ4n) is 1.55. The standard InChI is InChI=1S/C11H12F3N5/c1-3-15-9-4-8(7-5-16-19(2)6-7)17-10(18-9)11(12,13)14/h4-6H,3H2,1-2H3,(H,15,17,18). The number of nitrogens with one attached hydrogen (secondary N) is 1. The SMILES string of the molecule is CCNc1cc(-c2cnn(C)c2)nc(C(F)(F)F)n1. The van der Waals surface area contributed by atoms with Gasteiger partial charge in [-0.2, -0.15) is 18.3 Å². The van der Waals surface area contributed by atoms with Gasteiger partial charge in [0.25, 0.3) is 0 Å². The molecule has 0 saturated carbocycles. The Hall–Kier alpha value is -2.12. The van der Waals surface area contributed by atoms with E-state index in [4.69, 9.17) is 0 Å². The van der Waals surface area contributed by atoms with Crippen LogP contribution in [0.25, 0.3) is 11.3 Å². The van der Waals surface area contributed by atoms with Gasteiger partial charge < -0.3 is 5.32 Å². The molecule has 8 heteroatoms. The van der Waals surface area contributed by atoms with Crippen LogP contribution in [0.4, 0.5) is 19.0 Å². The van der Waals surface area contributed by atoms with Crippen molar-refractivity contribution in [2.45, 2.75) is 13.1 Å². The Kier molecular flexibility index (Phi) is 3.41. The van der Waals surface area contributed by atoms with Crippen molar-refractivity contribution < 1.29 is 13.2 Å². The average Bonchev–Trinajstić information content (AvgIpc) is 2.75. The van der Waals surface area contributed by atoms with Crippen molar-refractivity contribution in [2.75, 3.05) is 11.9 Å². The third-order valence-electron chi connectivity index (χ3n) is 2.34. The van der Waals surface area contributed by atoms with E-state index in [0.29, 0.717) is 12.1 Å². The van der Waals surface area contributed by atoms with Crippen molar-refractivity contribution in [1.82, 2.24) is 19.7 Å². The largest absolute Gasteiger partial charge is 0.451 e. The van der Waals surface area contributed by atoms with Crippen LogP contribution < -0.4 is 5.32 Å². The molecular formula is C11H12F3N5. The zero-order valence-electron chi connectivity index (χ0n) is 10.4. The maximum Gasteiger partial charge on any atom is 0.451 e. The van der Waals surface area contributed by atoms with Crippen LogP contribution >= 0.6 is 0 Å². The number of anilines is 1. The third-order valence-corrected chi connectivity index (χ3v) is 2.34. The van der Waals surface area contributed by atoms with Crippen molar-refractivity contribution in [3.05, 3.63) is 24.3 Å². The molecule has 0 fully saturated rings. The number of hydrogen-bond acceptors (Lipinski definition) is 4. The molecule has 0 unspecified atom stereocenters. The second kappa shape index (κ2) is 4.87. The first-order chi connectivity index (χ1) is 8.90. The number of alkyl halides is 3. The van der Waals surface area contributed by atoms with Crippen LogP contribution in [-0.4, -0.2) is 26.3 Å². The van der Waals surface area contributed by atoms with Crippen LogP contribution in [0.2, 0.25) is 0 Å². The van der Waals surface area contributed by atoms with Gasteiger partial charge in [0.15, 0.2) is 0 Å². The Bertz CT molecular complexity index is 576. The molecule has 0 aliphatic heterocycles. The number of aryl methyl sites for hydroxylation is 1. The van der Waals surface area contributed by atoms with Crippen LogP contribution in [0, 0.1) is 0 Å². The van der Waals surface area contributed by atoms with Gasteiger partial charge in [0.1, 0.15) is 5.82 Å². The maximum absolute atomic E-state index is 12.7. The van der Waals surface area contributed by atoms with Gasteiger partial charge in [-0.25, -0.2) is 9.97 Å². The van der Waals surface area contributed by atoms with Crippen molar-refractivity contribution in [3.63, 3.8) is 0 Å². The summed E-state index contributed by atoms with van der Waals surface area (Å²) in [5.74, 6) is -1.02. The fraction of sp³-hybridized carbons (Fsp3) is 0.364. The lowest BCUT2D eigenvalue weighted by molar-refractivity contribution is -0.144. The van der Waals surface area contributed by atoms with Crippen LogP contribution in [0.15, 0.2) is 18.5 Å². The van der Waals surface area contributed by atoms with Gasteiger partial charge in [-0.1, -0.05) is 0 Å². The van der Waals surface area contributed by atoms with Crippen molar-refractivity contribution in [3.8, 4) is 11.3 Å². The summed E-state index contributed by atoms with van der Waals surface area (Å²) in [5, 5.41) is 6.67. The molecule has 2 rings (SSSR count). The van der Waals surface area contributed by atoms with Gasteiger partial charge >= 0.3 is 6.18 Å². The second-order valence-electron chi connectivity index (χ2n) is 3.89. The van der Waals surface area contributed by atoms with E-state index >= 15 is 0 Å². The van der Waals surface area contributed by atoms with Gasteiger partial charge in [-0.05, 0) is 6.92 Å². The molecule has 0 atom stereocenters. The molecule has 1 N–H and O–H groups in total. The molecule has 0 aliphatic rings. The van der Waals surface area contributed by atoms with Gasteiger partial charge in [-0.15, -0.1) is 0 Å². The van der Waals surface area contributed by atoms with Gasteiger partial charge in [0.05, 0.1) is 11.9 Å². The molecule has 0 radical (unpaired) electrons. The van der Waals surface area contributed by atoms with Crippen LogP contribution in [-0.2, 0) is 13.2 Å². The fourth-order valence-corrected chi connectivity index (χ4v) is 1.55. The predicted molar refractivity (Wildman–Crippen MR) is 63.4 cm³/mol. The van der Waals surface area contributed by atoms with E-state index < -0.39 is 12.0 Å². The molecule has 5 nitrogen and oxygen atoms in total. The van der Waals surface area contributed by atoms with Crippen LogP contribution in [0.3, 0.4) is 0 Å². The lowest BCUT2D eigenvalue weighted by Gasteiger charge is -2.10. The molecule has 102 valence electrons. The lowest BCUT2D eigenvalue weighted by Crippen LogP contribution is -2.13. The Balaban J connectivity index is 2.51. The molecule has 0 aromatic carbocycles. The molecule has 0 spiro atoms. The summed E-state index contributed by atoms with van der Waals surface area (Å²) >= 11 is 0. The van der Waals surface area contributed by atoms with E-state index in [1.165, 1.54) is 16.9 Å².